The highest BCUT2D eigenvalue weighted by molar-refractivity contribution is 7.15. The summed E-state index contributed by atoms with van der Waals surface area (Å²) < 4.78 is 3.98. The number of aromatic nitrogens is 4. The minimum Gasteiger partial charge on any atom is -0.350 e. The van der Waals surface area contributed by atoms with Crippen LogP contribution in [-0.4, -0.2) is 25.1 Å². The number of thiazole rings is 1. The van der Waals surface area contributed by atoms with Gasteiger partial charge < -0.3 is 5.32 Å². The molecule has 1 atom stereocenters. The molecule has 4 heterocycles. The molecule has 0 fully saturated rings. The minimum atomic E-state index is -0.0104. The quantitative estimate of drug-likeness (QED) is 0.595. The summed E-state index contributed by atoms with van der Waals surface area (Å²) in [6.07, 6.45) is 6.17. The number of carbonyl (C=O) groups is 1. The SMILES string of the molecule is Cc1cc(-n2cccn2)ccc1[C@H]1CC(=O)NCc2nc3sccn3c21. The van der Waals surface area contributed by atoms with Crippen LogP contribution in [0.15, 0.2) is 48.2 Å². The Morgan fingerprint density at radius 2 is 2.23 bits per heavy atom. The van der Waals surface area contributed by atoms with Crippen LogP contribution in [0.3, 0.4) is 0 Å². The summed E-state index contributed by atoms with van der Waals surface area (Å²) in [4.78, 5) is 18.0. The summed E-state index contributed by atoms with van der Waals surface area (Å²) in [7, 11) is 0. The number of imidazole rings is 1. The van der Waals surface area contributed by atoms with Gasteiger partial charge in [0, 0.05) is 36.3 Å². The summed E-state index contributed by atoms with van der Waals surface area (Å²) in [5.74, 6) is 0.0521. The van der Waals surface area contributed by atoms with Crippen molar-refractivity contribution < 1.29 is 4.79 Å². The number of nitrogens with one attached hydrogen (secondary N) is 1. The molecule has 6 nitrogen and oxygen atoms in total. The minimum absolute atomic E-state index is 0.0104. The Balaban J connectivity index is 1.66. The maximum absolute atomic E-state index is 12.3. The van der Waals surface area contributed by atoms with Gasteiger partial charge in [0.15, 0.2) is 4.96 Å². The molecule has 0 saturated carbocycles. The molecule has 1 amide bonds. The summed E-state index contributed by atoms with van der Waals surface area (Å²) in [6, 6.07) is 8.20. The highest BCUT2D eigenvalue weighted by Crippen LogP contribution is 2.36. The van der Waals surface area contributed by atoms with Crippen LogP contribution in [0.2, 0.25) is 0 Å². The molecule has 1 aromatic carbocycles. The lowest BCUT2D eigenvalue weighted by Gasteiger charge is -2.18. The fraction of sp³-hybridized carbons (Fsp3) is 0.211. The van der Waals surface area contributed by atoms with E-state index in [9.17, 15) is 4.79 Å². The molecule has 0 radical (unpaired) electrons. The lowest BCUT2D eigenvalue weighted by molar-refractivity contribution is -0.121. The van der Waals surface area contributed by atoms with Gasteiger partial charge in [-0.25, -0.2) is 9.67 Å². The van der Waals surface area contributed by atoms with Gasteiger partial charge in [-0.05, 0) is 36.2 Å². The average Bonchev–Trinajstić information content (AvgIpc) is 3.34. The summed E-state index contributed by atoms with van der Waals surface area (Å²) >= 11 is 1.62. The fourth-order valence-electron chi connectivity index (χ4n) is 3.76. The Morgan fingerprint density at radius 3 is 3.04 bits per heavy atom. The van der Waals surface area contributed by atoms with E-state index in [1.807, 2.05) is 28.5 Å². The van der Waals surface area contributed by atoms with E-state index in [0.29, 0.717) is 13.0 Å². The molecule has 3 aromatic heterocycles. The van der Waals surface area contributed by atoms with Crippen LogP contribution >= 0.6 is 11.3 Å². The van der Waals surface area contributed by atoms with E-state index >= 15 is 0 Å². The zero-order chi connectivity index (χ0) is 17.7. The van der Waals surface area contributed by atoms with Gasteiger partial charge >= 0.3 is 0 Å². The predicted octanol–water partition coefficient (Wildman–Crippen LogP) is 3.04. The number of amides is 1. The van der Waals surface area contributed by atoms with Gasteiger partial charge in [-0.3, -0.25) is 9.20 Å². The predicted molar refractivity (Wildman–Crippen MR) is 99.7 cm³/mol. The van der Waals surface area contributed by atoms with Crippen LogP contribution in [-0.2, 0) is 11.3 Å². The number of benzene rings is 1. The van der Waals surface area contributed by atoms with Gasteiger partial charge in [-0.1, -0.05) is 6.07 Å². The van der Waals surface area contributed by atoms with E-state index in [4.69, 9.17) is 4.98 Å². The molecule has 5 rings (SSSR count). The zero-order valence-corrected chi connectivity index (χ0v) is 15.0. The molecular weight excluding hydrogens is 346 g/mol. The third-order valence-corrected chi connectivity index (χ3v) is 5.70. The Bertz CT molecular complexity index is 1110. The molecule has 4 aromatic rings. The Kier molecular flexibility index (Phi) is 3.43. The smallest absolute Gasteiger partial charge is 0.221 e. The number of hydrogen-bond acceptors (Lipinski definition) is 4. The highest BCUT2D eigenvalue weighted by Gasteiger charge is 2.30. The number of rotatable bonds is 2. The van der Waals surface area contributed by atoms with Crippen molar-refractivity contribution in [1.82, 2.24) is 24.5 Å². The molecule has 0 spiro atoms. The van der Waals surface area contributed by atoms with Gasteiger partial charge in [-0.15, -0.1) is 11.3 Å². The second-order valence-corrected chi connectivity index (χ2v) is 7.40. The van der Waals surface area contributed by atoms with Gasteiger partial charge in [0.2, 0.25) is 5.91 Å². The van der Waals surface area contributed by atoms with Crippen molar-refractivity contribution in [3.05, 3.63) is 70.8 Å². The molecule has 1 aliphatic rings. The zero-order valence-electron chi connectivity index (χ0n) is 14.2. The van der Waals surface area contributed by atoms with E-state index in [2.05, 4.69) is 39.9 Å². The molecule has 26 heavy (non-hydrogen) atoms. The molecule has 1 aliphatic heterocycles. The van der Waals surface area contributed by atoms with E-state index in [1.54, 1.807) is 17.5 Å². The lowest BCUT2D eigenvalue weighted by Crippen LogP contribution is -2.21. The first kappa shape index (κ1) is 15.3. The van der Waals surface area contributed by atoms with Crippen LogP contribution in [0.1, 0.15) is 34.9 Å². The van der Waals surface area contributed by atoms with Crippen LogP contribution in [0.4, 0.5) is 0 Å². The largest absolute Gasteiger partial charge is 0.350 e. The molecule has 0 bridgehead atoms. The normalized spacial score (nSPS) is 17.1. The maximum Gasteiger partial charge on any atom is 0.221 e. The number of fused-ring (bicyclic) bond motifs is 3. The van der Waals surface area contributed by atoms with Crippen molar-refractivity contribution in [2.45, 2.75) is 25.8 Å². The molecule has 7 heteroatoms. The first-order chi connectivity index (χ1) is 12.7. The Hall–Kier alpha value is -2.93. The van der Waals surface area contributed by atoms with Crippen molar-refractivity contribution in [2.24, 2.45) is 0 Å². The van der Waals surface area contributed by atoms with Crippen molar-refractivity contribution in [3.63, 3.8) is 0 Å². The van der Waals surface area contributed by atoms with E-state index < -0.39 is 0 Å². The fourth-order valence-corrected chi connectivity index (χ4v) is 4.50. The number of carbonyl (C=O) groups excluding carboxylic acids is 1. The number of hydrogen-bond donors (Lipinski definition) is 1. The molecule has 0 unspecified atom stereocenters. The summed E-state index contributed by atoms with van der Waals surface area (Å²) in [5, 5.41) is 9.31. The second kappa shape index (κ2) is 5.81. The van der Waals surface area contributed by atoms with Crippen LogP contribution in [0.5, 0.6) is 0 Å². The van der Waals surface area contributed by atoms with Crippen molar-refractivity contribution in [2.75, 3.05) is 0 Å². The van der Waals surface area contributed by atoms with Crippen molar-refractivity contribution in [3.8, 4) is 5.69 Å². The monoisotopic (exact) mass is 363 g/mol. The first-order valence-electron chi connectivity index (χ1n) is 8.52. The van der Waals surface area contributed by atoms with Crippen LogP contribution < -0.4 is 5.32 Å². The molecule has 1 N–H and O–H groups in total. The molecule has 0 aliphatic carbocycles. The van der Waals surface area contributed by atoms with Gasteiger partial charge in [0.1, 0.15) is 0 Å². The van der Waals surface area contributed by atoms with Gasteiger partial charge in [0.05, 0.1) is 23.6 Å². The maximum atomic E-state index is 12.3. The van der Waals surface area contributed by atoms with E-state index in [1.165, 1.54) is 0 Å². The van der Waals surface area contributed by atoms with Gasteiger partial charge in [-0.2, -0.15) is 5.10 Å². The van der Waals surface area contributed by atoms with Crippen LogP contribution in [0, 0.1) is 6.92 Å². The standard InChI is InChI=1S/C19H17N5OS/c1-12-9-13(24-6-2-5-21-24)3-4-14(12)15-10-17(25)20-11-16-18(15)23-7-8-26-19(23)22-16/h2-9,15H,10-11H2,1H3,(H,20,25)/t15-/m1/s1. The second-order valence-electron chi connectivity index (χ2n) is 6.52. The lowest BCUT2D eigenvalue weighted by atomic mass is 9.88. The first-order valence-corrected chi connectivity index (χ1v) is 9.40. The van der Waals surface area contributed by atoms with Crippen molar-refractivity contribution >= 4 is 22.2 Å². The number of nitrogens with zero attached hydrogens (tertiary/aromatic N) is 4. The molecule has 0 saturated heterocycles. The van der Waals surface area contributed by atoms with Crippen molar-refractivity contribution in [1.29, 1.82) is 0 Å². The third-order valence-electron chi connectivity index (χ3n) is 4.95. The third kappa shape index (κ3) is 2.35. The highest BCUT2D eigenvalue weighted by atomic mass is 32.1. The summed E-state index contributed by atoms with van der Waals surface area (Å²) in [5.41, 5.74) is 5.40. The Morgan fingerprint density at radius 1 is 1.31 bits per heavy atom. The number of aryl methyl sites for hydroxylation is 1. The topological polar surface area (TPSA) is 64.2 Å². The van der Waals surface area contributed by atoms with E-state index in [0.717, 1.165) is 33.2 Å². The Labute approximate surface area is 154 Å². The van der Waals surface area contributed by atoms with E-state index in [-0.39, 0.29) is 11.8 Å². The average molecular weight is 363 g/mol. The van der Waals surface area contributed by atoms with Gasteiger partial charge in [0.25, 0.3) is 0 Å². The molecular formula is C19H17N5OS. The summed E-state index contributed by atoms with van der Waals surface area (Å²) in [6.45, 7) is 2.58. The molecule has 130 valence electrons. The van der Waals surface area contributed by atoms with Crippen LogP contribution in [0.25, 0.3) is 10.6 Å².